The minimum Gasteiger partial charge on any atom is -0.359 e. The number of hydrogen-bond donors (Lipinski definition) is 1. The van der Waals surface area contributed by atoms with Crippen molar-refractivity contribution in [2.24, 2.45) is 0 Å². The Morgan fingerprint density at radius 3 is 2.92 bits per heavy atom. The highest BCUT2D eigenvalue weighted by Crippen LogP contribution is 2.18. The van der Waals surface area contributed by atoms with Gasteiger partial charge in [0, 0.05) is 26.6 Å². The van der Waals surface area contributed by atoms with Crippen LogP contribution in [0.2, 0.25) is 0 Å². The Kier molecular flexibility index (Phi) is 3.71. The summed E-state index contributed by atoms with van der Waals surface area (Å²) in [5.74, 6) is 0.0784. The van der Waals surface area contributed by atoms with Gasteiger partial charge in [0.15, 0.2) is 0 Å². The first-order valence-corrected chi connectivity index (χ1v) is 5.20. The van der Waals surface area contributed by atoms with E-state index in [9.17, 15) is 9.59 Å². The largest absolute Gasteiger partial charge is 0.359 e. The second-order valence-corrected chi connectivity index (χ2v) is 4.11. The topological polar surface area (TPSA) is 49.4 Å². The molecule has 0 saturated carbocycles. The number of amides is 2. The van der Waals surface area contributed by atoms with Crippen LogP contribution < -0.4 is 5.32 Å². The first-order valence-electron chi connectivity index (χ1n) is 4.28. The third-order valence-corrected chi connectivity index (χ3v) is 2.97. The molecule has 13 heavy (non-hydrogen) atoms. The van der Waals surface area contributed by atoms with Gasteiger partial charge in [-0.2, -0.15) is 0 Å². The molecule has 5 heteroatoms. The summed E-state index contributed by atoms with van der Waals surface area (Å²) in [7, 11) is 1.60. The van der Waals surface area contributed by atoms with Crippen LogP contribution in [-0.4, -0.2) is 41.7 Å². The first-order chi connectivity index (χ1) is 6.15. The van der Waals surface area contributed by atoms with Crippen molar-refractivity contribution in [1.29, 1.82) is 0 Å². The van der Waals surface area contributed by atoms with Crippen LogP contribution in [0, 0.1) is 0 Å². The lowest BCUT2D eigenvalue weighted by Crippen LogP contribution is -2.31. The van der Waals surface area contributed by atoms with Crippen LogP contribution in [0.1, 0.15) is 12.8 Å². The Bertz CT molecular complexity index is 220. The smallest absolute Gasteiger partial charge is 0.236 e. The zero-order valence-electron chi connectivity index (χ0n) is 7.55. The van der Waals surface area contributed by atoms with Gasteiger partial charge >= 0.3 is 0 Å². The SMILES string of the molecule is CNC(=O)CCN1CCC(Br)C1=O. The molecule has 4 nitrogen and oxygen atoms in total. The zero-order valence-corrected chi connectivity index (χ0v) is 9.13. The molecule has 1 saturated heterocycles. The highest BCUT2D eigenvalue weighted by molar-refractivity contribution is 9.10. The molecule has 0 aliphatic carbocycles. The van der Waals surface area contributed by atoms with Gasteiger partial charge in [-0.05, 0) is 6.42 Å². The predicted molar refractivity (Wildman–Crippen MR) is 52.6 cm³/mol. The van der Waals surface area contributed by atoms with Crippen LogP contribution in [0.25, 0.3) is 0 Å². The normalized spacial score (nSPS) is 22.2. The number of halogens is 1. The summed E-state index contributed by atoms with van der Waals surface area (Å²) in [6.07, 6.45) is 1.23. The fraction of sp³-hybridized carbons (Fsp3) is 0.750. The van der Waals surface area contributed by atoms with E-state index in [4.69, 9.17) is 0 Å². The molecule has 1 aliphatic heterocycles. The summed E-state index contributed by atoms with van der Waals surface area (Å²) in [6.45, 7) is 1.28. The van der Waals surface area contributed by atoms with E-state index in [0.29, 0.717) is 13.0 Å². The van der Waals surface area contributed by atoms with Crippen LogP contribution in [-0.2, 0) is 9.59 Å². The average molecular weight is 249 g/mol. The molecule has 74 valence electrons. The lowest BCUT2D eigenvalue weighted by atomic mass is 10.4. The van der Waals surface area contributed by atoms with Gasteiger partial charge in [0.05, 0.1) is 4.83 Å². The van der Waals surface area contributed by atoms with E-state index in [0.717, 1.165) is 13.0 Å². The van der Waals surface area contributed by atoms with Gasteiger partial charge in [-0.25, -0.2) is 0 Å². The molecule has 1 aliphatic rings. The Morgan fingerprint density at radius 2 is 2.46 bits per heavy atom. The second kappa shape index (κ2) is 4.60. The van der Waals surface area contributed by atoms with Gasteiger partial charge in [0.1, 0.15) is 0 Å². The number of carbonyl (C=O) groups excluding carboxylic acids is 2. The van der Waals surface area contributed by atoms with E-state index in [1.807, 2.05) is 0 Å². The molecule has 1 fully saturated rings. The van der Waals surface area contributed by atoms with Gasteiger partial charge in [0.25, 0.3) is 0 Å². The molecular formula is C8H13BrN2O2. The average Bonchev–Trinajstić information content (AvgIpc) is 2.44. The van der Waals surface area contributed by atoms with Crippen LogP contribution in [0.4, 0.5) is 0 Å². The number of alkyl halides is 1. The highest BCUT2D eigenvalue weighted by Gasteiger charge is 2.28. The first kappa shape index (κ1) is 10.5. The van der Waals surface area contributed by atoms with Crippen molar-refractivity contribution in [3.8, 4) is 0 Å². The minimum atomic E-state index is -0.0443. The Morgan fingerprint density at radius 1 is 1.77 bits per heavy atom. The number of nitrogens with one attached hydrogen (secondary N) is 1. The summed E-state index contributed by atoms with van der Waals surface area (Å²) >= 11 is 3.28. The molecule has 0 bridgehead atoms. The summed E-state index contributed by atoms with van der Waals surface area (Å²) in [5, 5.41) is 2.53. The quantitative estimate of drug-likeness (QED) is 0.722. The molecule has 0 radical (unpaired) electrons. The predicted octanol–water partition coefficient (Wildman–Crippen LogP) is 0.118. The zero-order chi connectivity index (χ0) is 9.84. The maximum Gasteiger partial charge on any atom is 0.236 e. The summed E-state index contributed by atoms with van der Waals surface area (Å²) in [4.78, 5) is 23.9. The molecule has 2 amide bonds. The van der Waals surface area contributed by atoms with Crippen molar-refractivity contribution in [3.05, 3.63) is 0 Å². The molecular weight excluding hydrogens is 236 g/mol. The van der Waals surface area contributed by atoms with E-state index in [1.165, 1.54) is 0 Å². The van der Waals surface area contributed by atoms with Gasteiger partial charge in [-0.3, -0.25) is 9.59 Å². The molecule has 1 unspecified atom stereocenters. The second-order valence-electron chi connectivity index (χ2n) is 3.00. The monoisotopic (exact) mass is 248 g/mol. The lowest BCUT2D eigenvalue weighted by molar-refractivity contribution is -0.128. The van der Waals surface area contributed by atoms with Gasteiger partial charge in [0.2, 0.25) is 11.8 Å². The van der Waals surface area contributed by atoms with Crippen molar-refractivity contribution in [3.63, 3.8) is 0 Å². The van der Waals surface area contributed by atoms with Crippen molar-refractivity contribution in [2.45, 2.75) is 17.7 Å². The molecule has 1 heterocycles. The van der Waals surface area contributed by atoms with Crippen molar-refractivity contribution >= 4 is 27.7 Å². The maximum absolute atomic E-state index is 11.4. The van der Waals surface area contributed by atoms with Gasteiger partial charge < -0.3 is 10.2 Å². The van der Waals surface area contributed by atoms with Gasteiger partial charge in [-0.15, -0.1) is 0 Å². The van der Waals surface area contributed by atoms with Crippen LogP contribution in [0.5, 0.6) is 0 Å². The number of carbonyl (C=O) groups is 2. The third kappa shape index (κ3) is 2.69. The van der Waals surface area contributed by atoms with E-state index in [2.05, 4.69) is 21.2 Å². The molecule has 0 aromatic heterocycles. The number of nitrogens with zero attached hydrogens (tertiary/aromatic N) is 1. The summed E-state index contributed by atoms with van der Waals surface area (Å²) in [5.41, 5.74) is 0. The van der Waals surface area contributed by atoms with Crippen molar-refractivity contribution in [2.75, 3.05) is 20.1 Å². The Hall–Kier alpha value is -0.580. The lowest BCUT2D eigenvalue weighted by Gasteiger charge is -2.14. The minimum absolute atomic E-state index is 0.0224. The fourth-order valence-corrected chi connectivity index (χ4v) is 1.78. The van der Waals surface area contributed by atoms with E-state index in [1.54, 1.807) is 11.9 Å². The van der Waals surface area contributed by atoms with Crippen molar-refractivity contribution < 1.29 is 9.59 Å². The molecule has 1 rings (SSSR count). The molecule has 1 N–H and O–H groups in total. The van der Waals surface area contributed by atoms with Crippen LogP contribution >= 0.6 is 15.9 Å². The molecule has 1 atom stereocenters. The highest BCUT2D eigenvalue weighted by atomic mass is 79.9. The number of rotatable bonds is 3. The molecule has 0 aromatic carbocycles. The van der Waals surface area contributed by atoms with Gasteiger partial charge in [-0.1, -0.05) is 15.9 Å². The van der Waals surface area contributed by atoms with E-state index >= 15 is 0 Å². The van der Waals surface area contributed by atoms with E-state index in [-0.39, 0.29) is 16.6 Å². The van der Waals surface area contributed by atoms with Crippen molar-refractivity contribution in [1.82, 2.24) is 10.2 Å². The fourth-order valence-electron chi connectivity index (χ4n) is 1.28. The summed E-state index contributed by atoms with van der Waals surface area (Å²) in [6, 6.07) is 0. The Balaban J connectivity index is 2.30. The number of likely N-dealkylation sites (tertiary alicyclic amines) is 1. The standard InChI is InChI=1S/C8H13BrN2O2/c1-10-7(12)3-5-11-4-2-6(9)8(11)13/h6H,2-5H2,1H3,(H,10,12). The Labute approximate surface area is 85.8 Å². The van der Waals surface area contributed by atoms with E-state index < -0.39 is 0 Å². The third-order valence-electron chi connectivity index (χ3n) is 2.12. The maximum atomic E-state index is 11.4. The summed E-state index contributed by atoms with van der Waals surface area (Å²) < 4.78 is 0. The molecule has 0 spiro atoms. The number of hydrogen-bond acceptors (Lipinski definition) is 2. The van der Waals surface area contributed by atoms with Crippen LogP contribution in [0.15, 0.2) is 0 Å². The molecule has 0 aromatic rings. The van der Waals surface area contributed by atoms with Crippen LogP contribution in [0.3, 0.4) is 0 Å².